The van der Waals surface area contributed by atoms with Crippen LogP contribution in [0.15, 0.2) is 24.3 Å². The van der Waals surface area contributed by atoms with E-state index in [0.29, 0.717) is 32.2 Å². The highest BCUT2D eigenvalue weighted by atomic mass is 16.5. The molecule has 1 aliphatic rings. The molecular weight excluding hydrogens is 242 g/mol. The molecule has 0 aliphatic carbocycles. The standard InChI is InChI=1S/C15H21NO3/c1-12(2)13-4-3-5-14(10-13)19-11-15(17)16-6-8-18-9-7-16/h3-5,10,12H,6-9,11H2,1-2H3. The fourth-order valence-corrected chi connectivity index (χ4v) is 2.01. The van der Waals surface area contributed by atoms with E-state index in [1.807, 2.05) is 18.2 Å². The molecule has 0 aromatic heterocycles. The van der Waals surface area contributed by atoms with Gasteiger partial charge in [-0.3, -0.25) is 4.79 Å². The highest BCUT2D eigenvalue weighted by Gasteiger charge is 2.17. The lowest BCUT2D eigenvalue weighted by Gasteiger charge is -2.26. The lowest BCUT2D eigenvalue weighted by Crippen LogP contribution is -2.42. The van der Waals surface area contributed by atoms with Crippen LogP contribution < -0.4 is 4.74 Å². The van der Waals surface area contributed by atoms with Gasteiger partial charge in [-0.25, -0.2) is 0 Å². The third kappa shape index (κ3) is 3.96. The molecule has 19 heavy (non-hydrogen) atoms. The molecule has 2 rings (SSSR count). The Hall–Kier alpha value is -1.55. The first-order valence-corrected chi connectivity index (χ1v) is 6.75. The molecule has 0 spiro atoms. The van der Waals surface area contributed by atoms with Crippen LogP contribution in [0.4, 0.5) is 0 Å². The van der Waals surface area contributed by atoms with Gasteiger partial charge in [-0.1, -0.05) is 26.0 Å². The molecule has 1 heterocycles. The van der Waals surface area contributed by atoms with E-state index in [0.717, 1.165) is 5.75 Å². The molecule has 0 N–H and O–H groups in total. The van der Waals surface area contributed by atoms with Crippen LogP contribution in [0.2, 0.25) is 0 Å². The number of benzene rings is 1. The summed E-state index contributed by atoms with van der Waals surface area (Å²) < 4.78 is 10.8. The maximum Gasteiger partial charge on any atom is 0.260 e. The summed E-state index contributed by atoms with van der Waals surface area (Å²) in [5.41, 5.74) is 1.22. The Bertz CT molecular complexity index is 425. The van der Waals surface area contributed by atoms with E-state index >= 15 is 0 Å². The van der Waals surface area contributed by atoms with Gasteiger partial charge in [0.25, 0.3) is 5.91 Å². The third-order valence-electron chi connectivity index (χ3n) is 3.25. The van der Waals surface area contributed by atoms with Crippen molar-refractivity contribution < 1.29 is 14.3 Å². The Balaban J connectivity index is 1.87. The monoisotopic (exact) mass is 263 g/mol. The highest BCUT2D eigenvalue weighted by Crippen LogP contribution is 2.20. The molecule has 0 unspecified atom stereocenters. The summed E-state index contributed by atoms with van der Waals surface area (Å²) in [5, 5.41) is 0. The van der Waals surface area contributed by atoms with Crippen molar-refractivity contribution in [2.24, 2.45) is 0 Å². The third-order valence-corrected chi connectivity index (χ3v) is 3.25. The molecule has 104 valence electrons. The average Bonchev–Trinajstić information content (AvgIpc) is 2.46. The van der Waals surface area contributed by atoms with E-state index in [1.54, 1.807) is 4.90 Å². The predicted molar refractivity (Wildman–Crippen MR) is 73.4 cm³/mol. The number of nitrogens with zero attached hydrogens (tertiary/aromatic N) is 1. The van der Waals surface area contributed by atoms with Crippen molar-refractivity contribution >= 4 is 5.91 Å². The Kier molecular flexibility index (Phi) is 4.80. The summed E-state index contributed by atoms with van der Waals surface area (Å²) in [5.74, 6) is 1.24. The maximum absolute atomic E-state index is 11.9. The van der Waals surface area contributed by atoms with E-state index < -0.39 is 0 Å². The van der Waals surface area contributed by atoms with E-state index in [2.05, 4.69) is 19.9 Å². The largest absolute Gasteiger partial charge is 0.484 e. The number of amides is 1. The normalized spacial score (nSPS) is 15.6. The van der Waals surface area contributed by atoms with E-state index in [-0.39, 0.29) is 12.5 Å². The highest BCUT2D eigenvalue weighted by molar-refractivity contribution is 5.77. The molecule has 4 heteroatoms. The molecule has 0 radical (unpaired) electrons. The van der Waals surface area contributed by atoms with Gasteiger partial charge in [-0.15, -0.1) is 0 Å². The number of hydrogen-bond acceptors (Lipinski definition) is 3. The second-order valence-corrected chi connectivity index (χ2v) is 5.01. The van der Waals surface area contributed by atoms with Crippen molar-refractivity contribution in [1.82, 2.24) is 4.90 Å². The minimum atomic E-state index is 0.0262. The molecule has 0 bridgehead atoms. The minimum Gasteiger partial charge on any atom is -0.484 e. The topological polar surface area (TPSA) is 38.8 Å². The Morgan fingerprint density at radius 3 is 2.79 bits per heavy atom. The lowest BCUT2D eigenvalue weighted by molar-refractivity contribution is -0.137. The quantitative estimate of drug-likeness (QED) is 0.834. The van der Waals surface area contributed by atoms with Gasteiger partial charge >= 0.3 is 0 Å². The van der Waals surface area contributed by atoms with Crippen molar-refractivity contribution in [3.05, 3.63) is 29.8 Å². The Morgan fingerprint density at radius 2 is 2.11 bits per heavy atom. The van der Waals surface area contributed by atoms with E-state index in [9.17, 15) is 4.79 Å². The fourth-order valence-electron chi connectivity index (χ4n) is 2.01. The molecule has 1 aromatic rings. The number of carbonyl (C=O) groups excluding carboxylic acids is 1. The van der Waals surface area contributed by atoms with Gasteiger partial charge < -0.3 is 14.4 Å². The summed E-state index contributed by atoms with van der Waals surface area (Å²) in [6.45, 7) is 6.93. The van der Waals surface area contributed by atoms with Crippen LogP contribution in [0.5, 0.6) is 5.75 Å². The van der Waals surface area contributed by atoms with Gasteiger partial charge in [0.2, 0.25) is 0 Å². The maximum atomic E-state index is 11.9. The van der Waals surface area contributed by atoms with E-state index in [4.69, 9.17) is 9.47 Å². The van der Waals surface area contributed by atoms with Crippen LogP contribution in [0.3, 0.4) is 0 Å². The zero-order valence-corrected chi connectivity index (χ0v) is 11.6. The van der Waals surface area contributed by atoms with Crippen LogP contribution in [0.25, 0.3) is 0 Å². The molecule has 1 saturated heterocycles. The SMILES string of the molecule is CC(C)c1cccc(OCC(=O)N2CCOCC2)c1. The van der Waals surface area contributed by atoms with E-state index in [1.165, 1.54) is 5.56 Å². The van der Waals surface area contributed by atoms with Gasteiger partial charge in [0.1, 0.15) is 5.75 Å². The summed E-state index contributed by atoms with van der Waals surface area (Å²) in [6, 6.07) is 7.92. The zero-order valence-electron chi connectivity index (χ0n) is 11.6. The van der Waals surface area contributed by atoms with Crippen LogP contribution in [0.1, 0.15) is 25.3 Å². The number of carbonyl (C=O) groups is 1. The Labute approximate surface area is 114 Å². The van der Waals surface area contributed by atoms with Crippen molar-refractivity contribution in [1.29, 1.82) is 0 Å². The number of rotatable bonds is 4. The van der Waals surface area contributed by atoms with Crippen molar-refractivity contribution in [3.63, 3.8) is 0 Å². The first-order chi connectivity index (χ1) is 9.16. The second kappa shape index (κ2) is 6.57. The molecule has 1 aliphatic heterocycles. The molecule has 0 saturated carbocycles. The zero-order chi connectivity index (χ0) is 13.7. The van der Waals surface area contributed by atoms with Crippen LogP contribution >= 0.6 is 0 Å². The molecule has 1 fully saturated rings. The summed E-state index contributed by atoms with van der Waals surface area (Å²) in [7, 11) is 0. The molecule has 4 nitrogen and oxygen atoms in total. The number of morpholine rings is 1. The van der Waals surface area contributed by atoms with Crippen LogP contribution in [-0.2, 0) is 9.53 Å². The van der Waals surface area contributed by atoms with Crippen LogP contribution in [-0.4, -0.2) is 43.7 Å². The van der Waals surface area contributed by atoms with Crippen molar-refractivity contribution in [2.75, 3.05) is 32.9 Å². The van der Waals surface area contributed by atoms with Gasteiger partial charge in [0, 0.05) is 13.1 Å². The predicted octanol–water partition coefficient (Wildman–Crippen LogP) is 2.05. The van der Waals surface area contributed by atoms with Gasteiger partial charge in [-0.05, 0) is 23.6 Å². The summed E-state index contributed by atoms with van der Waals surface area (Å²) in [6.07, 6.45) is 0. The van der Waals surface area contributed by atoms with Gasteiger partial charge in [-0.2, -0.15) is 0 Å². The minimum absolute atomic E-state index is 0.0262. The molecule has 1 aromatic carbocycles. The fraction of sp³-hybridized carbons (Fsp3) is 0.533. The first-order valence-electron chi connectivity index (χ1n) is 6.75. The summed E-state index contributed by atoms with van der Waals surface area (Å²) in [4.78, 5) is 13.7. The van der Waals surface area contributed by atoms with Gasteiger partial charge in [0.15, 0.2) is 6.61 Å². The van der Waals surface area contributed by atoms with Crippen LogP contribution in [0, 0.1) is 0 Å². The van der Waals surface area contributed by atoms with Gasteiger partial charge in [0.05, 0.1) is 13.2 Å². The number of hydrogen-bond donors (Lipinski definition) is 0. The summed E-state index contributed by atoms with van der Waals surface area (Å²) >= 11 is 0. The first kappa shape index (κ1) is 13.9. The molecule has 1 amide bonds. The second-order valence-electron chi connectivity index (χ2n) is 5.01. The molecular formula is C15H21NO3. The smallest absolute Gasteiger partial charge is 0.260 e. The van der Waals surface area contributed by atoms with Crippen molar-refractivity contribution in [2.45, 2.75) is 19.8 Å². The average molecular weight is 263 g/mol. The number of ether oxygens (including phenoxy) is 2. The Morgan fingerprint density at radius 1 is 1.37 bits per heavy atom. The lowest BCUT2D eigenvalue weighted by atomic mass is 10.0. The molecule has 0 atom stereocenters. The van der Waals surface area contributed by atoms with Crippen molar-refractivity contribution in [3.8, 4) is 5.75 Å².